The molecule has 0 saturated carbocycles. The number of amides is 1. The van der Waals surface area contributed by atoms with Crippen LogP contribution in [-0.2, 0) is 11.4 Å². The van der Waals surface area contributed by atoms with E-state index >= 15 is 0 Å². The second-order valence-corrected chi connectivity index (χ2v) is 7.89. The van der Waals surface area contributed by atoms with Gasteiger partial charge in [-0.05, 0) is 76.5 Å². The average molecular weight is 482 g/mol. The third-order valence-corrected chi connectivity index (χ3v) is 5.12. The van der Waals surface area contributed by atoms with Gasteiger partial charge in [0.05, 0.1) is 4.47 Å². The van der Waals surface area contributed by atoms with E-state index in [-0.39, 0.29) is 5.57 Å². The fraction of sp³-hybridized carbons (Fsp3) is 0.0833. The van der Waals surface area contributed by atoms with Gasteiger partial charge in [-0.25, -0.2) is 0 Å². The SMILES string of the molecule is Cc1ccc(COc2ccc(/C=C(/C#N)C(=O)Nc3ccc(Cl)cc3)cc2Br)cc1. The number of carbonyl (C=O) groups excluding carboxylic acids is 1. The number of ether oxygens (including phenoxy) is 1. The van der Waals surface area contributed by atoms with Crippen molar-refractivity contribution in [3.8, 4) is 11.8 Å². The Hall–Kier alpha value is -3.07. The van der Waals surface area contributed by atoms with Gasteiger partial charge >= 0.3 is 0 Å². The summed E-state index contributed by atoms with van der Waals surface area (Å²) in [5.74, 6) is 0.187. The number of nitriles is 1. The Balaban J connectivity index is 1.69. The minimum atomic E-state index is -0.490. The highest BCUT2D eigenvalue weighted by molar-refractivity contribution is 9.10. The van der Waals surface area contributed by atoms with Crippen molar-refractivity contribution < 1.29 is 9.53 Å². The Morgan fingerprint density at radius 3 is 2.47 bits per heavy atom. The standard InChI is InChI=1S/C24H18BrClN2O2/c1-16-2-4-17(5-3-16)15-30-23-11-6-18(13-22(23)25)12-19(14-27)24(29)28-21-9-7-20(26)8-10-21/h2-13H,15H2,1H3,(H,28,29)/b19-12-. The second-order valence-electron chi connectivity index (χ2n) is 6.59. The van der Waals surface area contributed by atoms with Crippen molar-refractivity contribution in [2.24, 2.45) is 0 Å². The lowest BCUT2D eigenvalue weighted by Gasteiger charge is -2.09. The Morgan fingerprint density at radius 1 is 1.13 bits per heavy atom. The summed E-state index contributed by atoms with van der Waals surface area (Å²) in [6.45, 7) is 2.49. The number of rotatable bonds is 6. The van der Waals surface area contributed by atoms with Crippen LogP contribution in [0.3, 0.4) is 0 Å². The first-order chi connectivity index (χ1) is 14.4. The molecule has 0 fully saturated rings. The molecule has 0 radical (unpaired) electrons. The highest BCUT2D eigenvalue weighted by Gasteiger charge is 2.10. The summed E-state index contributed by atoms with van der Waals surface area (Å²) in [4.78, 5) is 12.4. The molecule has 0 aliphatic rings. The fourth-order valence-corrected chi connectivity index (χ4v) is 3.25. The molecule has 0 unspecified atom stereocenters. The maximum atomic E-state index is 12.4. The number of benzene rings is 3. The van der Waals surface area contributed by atoms with E-state index in [1.54, 1.807) is 42.5 Å². The molecule has 0 aliphatic carbocycles. The van der Waals surface area contributed by atoms with E-state index in [4.69, 9.17) is 16.3 Å². The summed E-state index contributed by atoms with van der Waals surface area (Å²) >= 11 is 9.34. The zero-order valence-electron chi connectivity index (χ0n) is 16.2. The van der Waals surface area contributed by atoms with E-state index < -0.39 is 5.91 Å². The summed E-state index contributed by atoms with van der Waals surface area (Å²) in [5.41, 5.74) is 3.52. The molecule has 0 atom stereocenters. The predicted octanol–water partition coefficient (Wildman–Crippen LogP) is 6.54. The van der Waals surface area contributed by atoms with Crippen molar-refractivity contribution in [1.82, 2.24) is 0 Å². The number of nitrogens with zero attached hydrogens (tertiary/aromatic N) is 1. The van der Waals surface area contributed by atoms with Crippen LogP contribution < -0.4 is 10.1 Å². The molecule has 3 aromatic rings. The van der Waals surface area contributed by atoms with Crippen LogP contribution in [0.4, 0.5) is 5.69 Å². The lowest BCUT2D eigenvalue weighted by Crippen LogP contribution is -2.13. The second kappa shape index (κ2) is 10.1. The topological polar surface area (TPSA) is 62.1 Å². The van der Waals surface area contributed by atoms with Gasteiger partial charge < -0.3 is 10.1 Å². The van der Waals surface area contributed by atoms with E-state index in [0.29, 0.717) is 28.6 Å². The summed E-state index contributed by atoms with van der Waals surface area (Å²) < 4.78 is 6.60. The molecule has 0 aromatic heterocycles. The number of hydrogen-bond donors (Lipinski definition) is 1. The molecule has 1 N–H and O–H groups in total. The van der Waals surface area contributed by atoms with E-state index in [0.717, 1.165) is 10.0 Å². The quantitative estimate of drug-likeness (QED) is 0.321. The maximum absolute atomic E-state index is 12.4. The van der Waals surface area contributed by atoms with Gasteiger partial charge in [-0.15, -0.1) is 0 Å². The van der Waals surface area contributed by atoms with Crippen molar-refractivity contribution in [2.75, 3.05) is 5.32 Å². The molecule has 6 heteroatoms. The van der Waals surface area contributed by atoms with Gasteiger partial charge in [0.2, 0.25) is 0 Å². The van der Waals surface area contributed by atoms with Crippen LogP contribution in [0.15, 0.2) is 76.8 Å². The average Bonchev–Trinajstić information content (AvgIpc) is 2.74. The van der Waals surface area contributed by atoms with E-state index in [1.165, 1.54) is 11.6 Å². The van der Waals surface area contributed by atoms with Crippen molar-refractivity contribution in [2.45, 2.75) is 13.5 Å². The largest absolute Gasteiger partial charge is 0.488 e. The highest BCUT2D eigenvalue weighted by Crippen LogP contribution is 2.28. The number of aryl methyl sites for hydroxylation is 1. The number of nitrogens with one attached hydrogen (secondary N) is 1. The molecule has 3 aromatic carbocycles. The normalized spacial score (nSPS) is 10.9. The van der Waals surface area contributed by atoms with Crippen LogP contribution >= 0.6 is 27.5 Å². The molecule has 0 spiro atoms. The molecule has 0 bridgehead atoms. The van der Waals surface area contributed by atoms with Gasteiger partial charge in [0, 0.05) is 10.7 Å². The van der Waals surface area contributed by atoms with Gasteiger partial charge in [0.1, 0.15) is 24.0 Å². The van der Waals surface area contributed by atoms with Gasteiger partial charge in [0.25, 0.3) is 5.91 Å². The number of anilines is 1. The maximum Gasteiger partial charge on any atom is 0.266 e. The summed E-state index contributed by atoms with van der Waals surface area (Å²) in [5, 5.41) is 12.6. The molecule has 150 valence electrons. The molecular formula is C24H18BrClN2O2. The number of hydrogen-bond acceptors (Lipinski definition) is 3. The van der Waals surface area contributed by atoms with Crippen molar-refractivity contribution in [1.29, 1.82) is 5.26 Å². The first kappa shape index (κ1) is 21.6. The van der Waals surface area contributed by atoms with E-state index in [1.807, 2.05) is 37.3 Å². The first-order valence-corrected chi connectivity index (χ1v) is 10.3. The molecule has 4 nitrogen and oxygen atoms in total. The molecule has 1 amide bonds. The monoisotopic (exact) mass is 480 g/mol. The molecule has 0 saturated heterocycles. The van der Waals surface area contributed by atoms with Crippen molar-refractivity contribution >= 4 is 45.2 Å². The lowest BCUT2D eigenvalue weighted by molar-refractivity contribution is -0.112. The smallest absolute Gasteiger partial charge is 0.266 e. The van der Waals surface area contributed by atoms with Crippen LogP contribution in [0, 0.1) is 18.3 Å². The Labute approximate surface area is 188 Å². The Morgan fingerprint density at radius 2 is 1.83 bits per heavy atom. The predicted molar refractivity (Wildman–Crippen MR) is 123 cm³/mol. The fourth-order valence-electron chi connectivity index (χ4n) is 2.62. The van der Waals surface area contributed by atoms with Crippen LogP contribution in [-0.4, -0.2) is 5.91 Å². The van der Waals surface area contributed by atoms with E-state index in [2.05, 4.69) is 21.2 Å². The van der Waals surface area contributed by atoms with Gasteiger partial charge in [-0.3, -0.25) is 4.79 Å². The molecule has 3 rings (SSSR count). The highest BCUT2D eigenvalue weighted by atomic mass is 79.9. The third kappa shape index (κ3) is 5.96. The summed E-state index contributed by atoms with van der Waals surface area (Å²) in [7, 11) is 0. The summed E-state index contributed by atoms with van der Waals surface area (Å²) in [6, 6.07) is 22.2. The molecule has 0 aliphatic heterocycles. The third-order valence-electron chi connectivity index (χ3n) is 4.25. The molecule has 0 heterocycles. The van der Waals surface area contributed by atoms with Crippen LogP contribution in [0.25, 0.3) is 6.08 Å². The number of halogens is 2. The van der Waals surface area contributed by atoms with E-state index in [9.17, 15) is 10.1 Å². The molecular weight excluding hydrogens is 464 g/mol. The lowest BCUT2D eigenvalue weighted by atomic mass is 10.1. The molecule has 30 heavy (non-hydrogen) atoms. The van der Waals surface area contributed by atoms with Gasteiger partial charge in [-0.2, -0.15) is 5.26 Å². The van der Waals surface area contributed by atoms with Gasteiger partial charge in [0.15, 0.2) is 0 Å². The Kier molecular flexibility index (Phi) is 7.29. The van der Waals surface area contributed by atoms with Crippen molar-refractivity contribution in [3.05, 3.63) is 98.5 Å². The minimum absolute atomic E-state index is 0.00910. The van der Waals surface area contributed by atoms with Crippen LogP contribution in [0.1, 0.15) is 16.7 Å². The van der Waals surface area contributed by atoms with Crippen LogP contribution in [0.2, 0.25) is 5.02 Å². The van der Waals surface area contributed by atoms with Gasteiger partial charge in [-0.1, -0.05) is 47.5 Å². The Bertz CT molecular complexity index is 1120. The minimum Gasteiger partial charge on any atom is -0.488 e. The van der Waals surface area contributed by atoms with Crippen LogP contribution in [0.5, 0.6) is 5.75 Å². The van der Waals surface area contributed by atoms with Crippen molar-refractivity contribution in [3.63, 3.8) is 0 Å². The summed E-state index contributed by atoms with van der Waals surface area (Å²) in [6.07, 6.45) is 1.53. The zero-order chi connectivity index (χ0) is 21.5. The zero-order valence-corrected chi connectivity index (χ0v) is 18.5. The number of carbonyl (C=O) groups is 1. The first-order valence-electron chi connectivity index (χ1n) is 9.11.